The Morgan fingerprint density at radius 2 is 2.16 bits per heavy atom. The summed E-state index contributed by atoms with van der Waals surface area (Å²) >= 11 is 3.43. The van der Waals surface area contributed by atoms with E-state index in [1.807, 2.05) is 19.1 Å². The van der Waals surface area contributed by atoms with E-state index in [1.165, 1.54) is 0 Å². The number of piperidine rings is 1. The molecule has 4 nitrogen and oxygen atoms in total. The zero-order chi connectivity index (χ0) is 14.0. The molecule has 1 aliphatic rings. The van der Waals surface area contributed by atoms with Gasteiger partial charge in [0, 0.05) is 17.6 Å². The van der Waals surface area contributed by atoms with Crippen LogP contribution in [-0.4, -0.2) is 35.0 Å². The molecule has 0 spiro atoms. The number of nitrogens with zero attached hydrogens (tertiary/aromatic N) is 1. The summed E-state index contributed by atoms with van der Waals surface area (Å²) < 4.78 is 0.789. The number of halogens is 1. The SMILES string of the molecule is Cc1cccc(C(=O)N2CCC[C@@H](C(=O)O)C2)c1Br. The van der Waals surface area contributed by atoms with Crippen molar-refractivity contribution in [3.8, 4) is 0 Å². The maximum atomic E-state index is 12.4. The van der Waals surface area contributed by atoms with E-state index in [-0.39, 0.29) is 5.91 Å². The summed E-state index contributed by atoms with van der Waals surface area (Å²) in [6, 6.07) is 5.53. The van der Waals surface area contributed by atoms with Crippen molar-refractivity contribution in [3.63, 3.8) is 0 Å². The highest BCUT2D eigenvalue weighted by atomic mass is 79.9. The summed E-state index contributed by atoms with van der Waals surface area (Å²) in [7, 11) is 0. The first-order valence-electron chi connectivity index (χ1n) is 6.28. The van der Waals surface area contributed by atoms with Gasteiger partial charge in [-0.25, -0.2) is 0 Å². The van der Waals surface area contributed by atoms with Crippen LogP contribution in [0.25, 0.3) is 0 Å². The Morgan fingerprint density at radius 1 is 1.42 bits per heavy atom. The molecule has 0 bridgehead atoms. The van der Waals surface area contributed by atoms with Gasteiger partial charge in [0.1, 0.15) is 0 Å². The predicted molar refractivity (Wildman–Crippen MR) is 75.1 cm³/mol. The number of likely N-dealkylation sites (tertiary alicyclic amines) is 1. The van der Waals surface area contributed by atoms with Crippen molar-refractivity contribution in [2.24, 2.45) is 5.92 Å². The van der Waals surface area contributed by atoms with E-state index in [2.05, 4.69) is 15.9 Å². The zero-order valence-corrected chi connectivity index (χ0v) is 12.3. The standard InChI is InChI=1S/C14H16BrNO3/c1-9-4-2-6-11(12(9)15)13(17)16-7-3-5-10(8-16)14(18)19/h2,4,6,10H,3,5,7-8H2,1H3,(H,18,19)/t10-/m1/s1. The summed E-state index contributed by atoms with van der Waals surface area (Å²) in [5.41, 5.74) is 1.60. The first kappa shape index (κ1) is 14.1. The van der Waals surface area contributed by atoms with Crippen LogP contribution in [0.4, 0.5) is 0 Å². The first-order valence-corrected chi connectivity index (χ1v) is 7.07. The fourth-order valence-corrected chi connectivity index (χ4v) is 2.78. The number of amides is 1. The average molecular weight is 326 g/mol. The van der Waals surface area contributed by atoms with Gasteiger partial charge < -0.3 is 10.0 Å². The van der Waals surface area contributed by atoms with Crippen LogP contribution in [-0.2, 0) is 4.79 Å². The van der Waals surface area contributed by atoms with Crippen LogP contribution in [0.15, 0.2) is 22.7 Å². The number of hydrogen-bond donors (Lipinski definition) is 1. The van der Waals surface area contributed by atoms with Gasteiger partial charge in [-0.2, -0.15) is 0 Å². The van der Waals surface area contributed by atoms with Crippen LogP contribution in [0.3, 0.4) is 0 Å². The van der Waals surface area contributed by atoms with E-state index in [0.717, 1.165) is 16.5 Å². The molecule has 1 atom stereocenters. The Kier molecular flexibility index (Phi) is 4.24. The summed E-state index contributed by atoms with van der Waals surface area (Å²) in [6.07, 6.45) is 1.39. The van der Waals surface area contributed by atoms with E-state index in [4.69, 9.17) is 5.11 Å². The highest BCUT2D eigenvalue weighted by Crippen LogP contribution is 2.25. The number of rotatable bonds is 2. The van der Waals surface area contributed by atoms with Crippen LogP contribution in [0.2, 0.25) is 0 Å². The van der Waals surface area contributed by atoms with Gasteiger partial charge in [-0.05, 0) is 47.3 Å². The van der Waals surface area contributed by atoms with Crippen molar-refractivity contribution >= 4 is 27.8 Å². The second-order valence-electron chi connectivity index (χ2n) is 4.87. The van der Waals surface area contributed by atoms with Gasteiger partial charge in [-0.1, -0.05) is 12.1 Å². The maximum Gasteiger partial charge on any atom is 0.308 e. The zero-order valence-electron chi connectivity index (χ0n) is 10.7. The normalized spacial score (nSPS) is 19.3. The van der Waals surface area contributed by atoms with Gasteiger partial charge in [0.2, 0.25) is 0 Å². The molecular weight excluding hydrogens is 310 g/mol. The lowest BCUT2D eigenvalue weighted by atomic mass is 9.97. The monoisotopic (exact) mass is 325 g/mol. The van der Waals surface area contributed by atoms with E-state index in [0.29, 0.717) is 25.1 Å². The van der Waals surface area contributed by atoms with Gasteiger partial charge in [-0.15, -0.1) is 0 Å². The Hall–Kier alpha value is -1.36. The summed E-state index contributed by atoms with van der Waals surface area (Å²) in [4.78, 5) is 25.1. The molecule has 0 radical (unpaired) electrons. The number of aryl methyl sites for hydroxylation is 1. The van der Waals surface area contributed by atoms with E-state index < -0.39 is 11.9 Å². The number of aliphatic carboxylic acids is 1. The number of carbonyl (C=O) groups excluding carboxylic acids is 1. The van der Waals surface area contributed by atoms with Crippen LogP contribution in [0.1, 0.15) is 28.8 Å². The van der Waals surface area contributed by atoms with Crippen molar-refractivity contribution in [1.82, 2.24) is 4.90 Å². The predicted octanol–water partition coefficient (Wildman–Crippen LogP) is 2.69. The summed E-state index contributed by atoms with van der Waals surface area (Å²) in [5.74, 6) is -1.36. The fraction of sp³-hybridized carbons (Fsp3) is 0.429. The summed E-state index contributed by atoms with van der Waals surface area (Å²) in [5, 5.41) is 9.06. The third-order valence-electron chi connectivity index (χ3n) is 3.48. The maximum absolute atomic E-state index is 12.4. The molecule has 2 rings (SSSR count). The number of benzene rings is 1. The minimum atomic E-state index is -0.819. The summed E-state index contributed by atoms with van der Waals surface area (Å²) in [6.45, 7) is 2.86. The molecule has 0 aliphatic carbocycles. The van der Waals surface area contributed by atoms with Crippen molar-refractivity contribution < 1.29 is 14.7 Å². The molecule has 1 fully saturated rings. The number of hydrogen-bond acceptors (Lipinski definition) is 2. The Balaban J connectivity index is 2.19. The lowest BCUT2D eigenvalue weighted by Gasteiger charge is -2.31. The van der Waals surface area contributed by atoms with Gasteiger partial charge in [0.15, 0.2) is 0 Å². The molecule has 19 heavy (non-hydrogen) atoms. The van der Waals surface area contributed by atoms with E-state index >= 15 is 0 Å². The molecule has 5 heteroatoms. The molecule has 0 unspecified atom stereocenters. The molecule has 0 aromatic heterocycles. The van der Waals surface area contributed by atoms with Crippen LogP contribution >= 0.6 is 15.9 Å². The largest absolute Gasteiger partial charge is 0.481 e. The van der Waals surface area contributed by atoms with Crippen LogP contribution < -0.4 is 0 Å². The second-order valence-corrected chi connectivity index (χ2v) is 5.66. The lowest BCUT2D eigenvalue weighted by Crippen LogP contribution is -2.42. The third-order valence-corrected chi connectivity index (χ3v) is 4.53. The van der Waals surface area contributed by atoms with Crippen LogP contribution in [0, 0.1) is 12.8 Å². The average Bonchev–Trinajstić information content (AvgIpc) is 2.41. The minimum absolute atomic E-state index is 0.0958. The molecule has 1 aromatic carbocycles. The molecular formula is C14H16BrNO3. The van der Waals surface area contributed by atoms with Gasteiger partial charge in [0.05, 0.1) is 11.5 Å². The Morgan fingerprint density at radius 3 is 2.84 bits per heavy atom. The molecule has 102 valence electrons. The van der Waals surface area contributed by atoms with E-state index in [9.17, 15) is 9.59 Å². The number of carboxylic acids is 1. The third kappa shape index (κ3) is 2.97. The molecule has 1 aromatic rings. The van der Waals surface area contributed by atoms with Gasteiger partial charge in [-0.3, -0.25) is 9.59 Å². The minimum Gasteiger partial charge on any atom is -0.481 e. The molecule has 0 saturated carbocycles. The quantitative estimate of drug-likeness (QED) is 0.909. The van der Waals surface area contributed by atoms with E-state index in [1.54, 1.807) is 11.0 Å². The Labute approximate surface area is 120 Å². The highest BCUT2D eigenvalue weighted by molar-refractivity contribution is 9.10. The molecule has 1 N–H and O–H groups in total. The number of carboxylic acid groups (broad SMARTS) is 1. The van der Waals surface area contributed by atoms with Gasteiger partial charge in [0.25, 0.3) is 5.91 Å². The molecule has 1 heterocycles. The molecule has 1 saturated heterocycles. The highest BCUT2D eigenvalue weighted by Gasteiger charge is 2.29. The van der Waals surface area contributed by atoms with Crippen molar-refractivity contribution in [2.75, 3.05) is 13.1 Å². The van der Waals surface area contributed by atoms with Crippen LogP contribution in [0.5, 0.6) is 0 Å². The van der Waals surface area contributed by atoms with Crippen molar-refractivity contribution in [3.05, 3.63) is 33.8 Å². The second kappa shape index (κ2) is 5.74. The topological polar surface area (TPSA) is 57.6 Å². The van der Waals surface area contributed by atoms with Gasteiger partial charge >= 0.3 is 5.97 Å². The molecule has 1 amide bonds. The first-order chi connectivity index (χ1) is 9.00. The smallest absolute Gasteiger partial charge is 0.308 e. The fourth-order valence-electron chi connectivity index (χ4n) is 2.35. The van der Waals surface area contributed by atoms with Crippen molar-refractivity contribution in [1.29, 1.82) is 0 Å². The van der Waals surface area contributed by atoms with Crippen molar-refractivity contribution in [2.45, 2.75) is 19.8 Å². The lowest BCUT2D eigenvalue weighted by molar-refractivity contribution is -0.143. The number of carbonyl (C=O) groups is 2. The molecule has 1 aliphatic heterocycles. The Bertz CT molecular complexity index is 515.